The van der Waals surface area contributed by atoms with Crippen molar-refractivity contribution in [3.05, 3.63) is 17.5 Å². The SMILES string of the molecule is Cc1oncc1C(=O)NCCCOCCCl. The quantitative estimate of drug-likeness (QED) is 0.583. The van der Waals surface area contributed by atoms with Gasteiger partial charge in [-0.15, -0.1) is 11.6 Å². The number of carbonyl (C=O) groups excluding carboxylic acids is 1. The van der Waals surface area contributed by atoms with Crippen LogP contribution in [0.15, 0.2) is 10.7 Å². The van der Waals surface area contributed by atoms with Crippen molar-refractivity contribution in [1.82, 2.24) is 10.5 Å². The zero-order chi connectivity index (χ0) is 11.8. The molecule has 0 aliphatic carbocycles. The number of hydrogen-bond acceptors (Lipinski definition) is 4. The lowest BCUT2D eigenvalue weighted by molar-refractivity contribution is 0.0943. The van der Waals surface area contributed by atoms with Crippen LogP contribution in [-0.2, 0) is 4.74 Å². The number of nitrogens with one attached hydrogen (secondary N) is 1. The minimum Gasteiger partial charge on any atom is -0.380 e. The Kier molecular flexibility index (Phi) is 5.88. The number of amides is 1. The van der Waals surface area contributed by atoms with E-state index in [4.69, 9.17) is 20.9 Å². The van der Waals surface area contributed by atoms with E-state index >= 15 is 0 Å². The van der Waals surface area contributed by atoms with Crippen molar-refractivity contribution in [1.29, 1.82) is 0 Å². The van der Waals surface area contributed by atoms with Crippen LogP contribution in [0, 0.1) is 6.92 Å². The summed E-state index contributed by atoms with van der Waals surface area (Å²) in [5, 5.41) is 6.29. The highest BCUT2D eigenvalue weighted by Gasteiger charge is 2.11. The number of aromatic nitrogens is 1. The molecule has 1 N–H and O–H groups in total. The first-order valence-electron chi connectivity index (χ1n) is 5.09. The predicted octanol–water partition coefficient (Wildman–Crippen LogP) is 1.36. The lowest BCUT2D eigenvalue weighted by Gasteiger charge is -2.04. The van der Waals surface area contributed by atoms with E-state index in [-0.39, 0.29) is 5.91 Å². The Balaban J connectivity index is 2.14. The number of rotatable bonds is 7. The number of halogens is 1. The van der Waals surface area contributed by atoms with Crippen LogP contribution in [0.25, 0.3) is 0 Å². The zero-order valence-corrected chi connectivity index (χ0v) is 9.92. The molecule has 1 rings (SSSR count). The van der Waals surface area contributed by atoms with Crippen molar-refractivity contribution in [2.24, 2.45) is 0 Å². The molecule has 0 spiro atoms. The predicted molar refractivity (Wildman–Crippen MR) is 59.7 cm³/mol. The van der Waals surface area contributed by atoms with Gasteiger partial charge in [-0.2, -0.15) is 0 Å². The molecular formula is C10H15ClN2O3. The molecule has 0 bridgehead atoms. The van der Waals surface area contributed by atoms with E-state index in [1.165, 1.54) is 6.20 Å². The van der Waals surface area contributed by atoms with Gasteiger partial charge < -0.3 is 14.6 Å². The molecule has 6 heteroatoms. The van der Waals surface area contributed by atoms with Crippen LogP contribution >= 0.6 is 11.6 Å². The molecule has 0 aromatic carbocycles. The van der Waals surface area contributed by atoms with E-state index in [9.17, 15) is 4.79 Å². The van der Waals surface area contributed by atoms with Crippen LogP contribution in [0.4, 0.5) is 0 Å². The number of aryl methyl sites for hydroxylation is 1. The lowest BCUT2D eigenvalue weighted by Crippen LogP contribution is -2.25. The summed E-state index contributed by atoms with van der Waals surface area (Å²) in [6.07, 6.45) is 2.17. The van der Waals surface area contributed by atoms with E-state index in [2.05, 4.69) is 10.5 Å². The molecule has 0 aliphatic rings. The maximum atomic E-state index is 11.5. The number of nitrogens with zero attached hydrogens (tertiary/aromatic N) is 1. The summed E-state index contributed by atoms with van der Waals surface area (Å²) >= 11 is 5.44. The van der Waals surface area contributed by atoms with Gasteiger partial charge in [0.1, 0.15) is 11.3 Å². The van der Waals surface area contributed by atoms with E-state index in [0.29, 0.717) is 37.0 Å². The maximum Gasteiger partial charge on any atom is 0.256 e. The molecule has 1 aromatic heterocycles. The Labute approximate surface area is 99.1 Å². The van der Waals surface area contributed by atoms with Crippen LogP contribution < -0.4 is 5.32 Å². The van der Waals surface area contributed by atoms with Gasteiger partial charge in [-0.3, -0.25) is 4.79 Å². The van der Waals surface area contributed by atoms with Crippen molar-refractivity contribution in [2.45, 2.75) is 13.3 Å². The van der Waals surface area contributed by atoms with Crippen molar-refractivity contribution in [3.8, 4) is 0 Å². The van der Waals surface area contributed by atoms with Crippen LogP contribution in [0.1, 0.15) is 22.5 Å². The third-order valence-electron chi connectivity index (χ3n) is 1.97. The van der Waals surface area contributed by atoms with Gasteiger partial charge in [0.15, 0.2) is 0 Å². The molecule has 5 nitrogen and oxygen atoms in total. The second-order valence-electron chi connectivity index (χ2n) is 3.21. The molecular weight excluding hydrogens is 232 g/mol. The summed E-state index contributed by atoms with van der Waals surface area (Å²) in [6, 6.07) is 0. The summed E-state index contributed by atoms with van der Waals surface area (Å²) < 4.78 is 9.96. The van der Waals surface area contributed by atoms with E-state index in [1.807, 2.05) is 0 Å². The van der Waals surface area contributed by atoms with Gasteiger partial charge >= 0.3 is 0 Å². The van der Waals surface area contributed by atoms with Gasteiger partial charge in [-0.25, -0.2) is 0 Å². The Morgan fingerprint density at radius 1 is 1.62 bits per heavy atom. The molecule has 0 aliphatic heterocycles. The molecule has 0 saturated heterocycles. The summed E-state index contributed by atoms with van der Waals surface area (Å²) in [6.45, 7) is 3.40. The van der Waals surface area contributed by atoms with Gasteiger partial charge in [-0.1, -0.05) is 5.16 Å². The van der Waals surface area contributed by atoms with E-state index in [0.717, 1.165) is 6.42 Å². The van der Waals surface area contributed by atoms with Gasteiger partial charge in [0, 0.05) is 19.0 Å². The summed E-state index contributed by atoms with van der Waals surface area (Å²) in [4.78, 5) is 11.5. The van der Waals surface area contributed by atoms with Crippen LogP contribution in [0.5, 0.6) is 0 Å². The smallest absolute Gasteiger partial charge is 0.256 e. The topological polar surface area (TPSA) is 64.4 Å². The normalized spacial score (nSPS) is 10.4. The molecule has 0 fully saturated rings. The highest BCUT2D eigenvalue weighted by molar-refractivity contribution is 6.17. The largest absolute Gasteiger partial charge is 0.380 e. The second kappa shape index (κ2) is 7.24. The van der Waals surface area contributed by atoms with E-state index in [1.54, 1.807) is 6.92 Å². The number of ether oxygens (including phenoxy) is 1. The maximum absolute atomic E-state index is 11.5. The lowest BCUT2D eigenvalue weighted by atomic mass is 10.2. The molecule has 16 heavy (non-hydrogen) atoms. The molecule has 1 aromatic rings. The zero-order valence-electron chi connectivity index (χ0n) is 9.16. The summed E-state index contributed by atoms with van der Waals surface area (Å²) in [5.74, 6) is 0.846. The number of hydrogen-bond donors (Lipinski definition) is 1. The van der Waals surface area contributed by atoms with Gasteiger partial charge in [0.05, 0.1) is 12.8 Å². The summed E-state index contributed by atoms with van der Waals surface area (Å²) in [5.41, 5.74) is 0.474. The highest BCUT2D eigenvalue weighted by Crippen LogP contribution is 2.04. The molecule has 0 saturated carbocycles. The molecule has 1 amide bonds. The average Bonchev–Trinajstić information content (AvgIpc) is 2.69. The first-order valence-corrected chi connectivity index (χ1v) is 5.62. The monoisotopic (exact) mass is 246 g/mol. The average molecular weight is 247 g/mol. The molecule has 0 radical (unpaired) electrons. The third kappa shape index (κ3) is 4.20. The third-order valence-corrected chi connectivity index (χ3v) is 2.12. The van der Waals surface area contributed by atoms with Crippen LogP contribution in [0.2, 0.25) is 0 Å². The fourth-order valence-corrected chi connectivity index (χ4v) is 1.25. The van der Waals surface area contributed by atoms with E-state index < -0.39 is 0 Å². The van der Waals surface area contributed by atoms with Crippen LogP contribution in [0.3, 0.4) is 0 Å². The van der Waals surface area contributed by atoms with Gasteiger partial charge in [0.2, 0.25) is 0 Å². The Hall–Kier alpha value is -1.07. The fraction of sp³-hybridized carbons (Fsp3) is 0.600. The number of alkyl halides is 1. The Bertz CT molecular complexity index is 328. The van der Waals surface area contributed by atoms with Crippen molar-refractivity contribution < 1.29 is 14.1 Å². The Morgan fingerprint density at radius 2 is 2.44 bits per heavy atom. The minimum atomic E-state index is -0.170. The number of carbonyl (C=O) groups is 1. The summed E-state index contributed by atoms with van der Waals surface area (Å²) in [7, 11) is 0. The van der Waals surface area contributed by atoms with Gasteiger partial charge in [-0.05, 0) is 13.3 Å². The van der Waals surface area contributed by atoms with Crippen molar-refractivity contribution in [2.75, 3.05) is 25.6 Å². The first kappa shape index (κ1) is 13.0. The first-order chi connectivity index (χ1) is 7.75. The second-order valence-corrected chi connectivity index (χ2v) is 3.58. The molecule has 1 heterocycles. The Morgan fingerprint density at radius 3 is 3.06 bits per heavy atom. The molecule has 0 atom stereocenters. The van der Waals surface area contributed by atoms with Crippen LogP contribution in [-0.4, -0.2) is 36.7 Å². The molecule has 90 valence electrons. The standard InChI is InChI=1S/C10H15ClN2O3/c1-8-9(7-13-16-8)10(14)12-4-2-5-15-6-3-11/h7H,2-6H2,1H3,(H,12,14). The minimum absolute atomic E-state index is 0.170. The van der Waals surface area contributed by atoms with Crippen molar-refractivity contribution in [3.63, 3.8) is 0 Å². The van der Waals surface area contributed by atoms with Crippen molar-refractivity contribution >= 4 is 17.5 Å². The highest BCUT2D eigenvalue weighted by atomic mass is 35.5. The van der Waals surface area contributed by atoms with Gasteiger partial charge in [0.25, 0.3) is 5.91 Å². The molecule has 0 unspecified atom stereocenters. The fourth-order valence-electron chi connectivity index (χ4n) is 1.14.